The summed E-state index contributed by atoms with van der Waals surface area (Å²) in [5, 5.41) is 4.10. The van der Waals surface area contributed by atoms with Crippen molar-refractivity contribution in [3.8, 4) is 0 Å². The number of amides is 1. The van der Waals surface area contributed by atoms with Gasteiger partial charge >= 0.3 is 0 Å². The molecule has 0 aliphatic carbocycles. The molecule has 1 aliphatic rings. The van der Waals surface area contributed by atoms with E-state index in [2.05, 4.69) is 12.1 Å². The van der Waals surface area contributed by atoms with Crippen LogP contribution in [0.25, 0.3) is 0 Å². The zero-order valence-electron chi connectivity index (χ0n) is 13.4. The van der Waals surface area contributed by atoms with Gasteiger partial charge < -0.3 is 9.42 Å². The Balaban J connectivity index is 1.91. The fourth-order valence-corrected chi connectivity index (χ4v) is 3.28. The zero-order chi connectivity index (χ0) is 15.7. The van der Waals surface area contributed by atoms with Crippen molar-refractivity contribution in [2.24, 2.45) is 0 Å². The van der Waals surface area contributed by atoms with Crippen LogP contribution in [0.3, 0.4) is 0 Å². The molecule has 22 heavy (non-hydrogen) atoms. The highest BCUT2D eigenvalue weighted by Crippen LogP contribution is 2.36. The van der Waals surface area contributed by atoms with E-state index in [1.165, 1.54) is 0 Å². The Hall–Kier alpha value is -2.10. The second-order valence-electron chi connectivity index (χ2n) is 5.98. The third-order valence-electron chi connectivity index (χ3n) is 4.45. The molecule has 1 aliphatic heterocycles. The Morgan fingerprint density at radius 1 is 1.32 bits per heavy atom. The highest BCUT2D eigenvalue weighted by atomic mass is 16.5. The van der Waals surface area contributed by atoms with Crippen LogP contribution in [0.2, 0.25) is 0 Å². The lowest BCUT2D eigenvalue weighted by atomic mass is 10.0. The molecule has 0 bridgehead atoms. The van der Waals surface area contributed by atoms with E-state index >= 15 is 0 Å². The highest BCUT2D eigenvalue weighted by molar-refractivity contribution is 5.94. The smallest absolute Gasteiger partial charge is 0.254 e. The van der Waals surface area contributed by atoms with Crippen molar-refractivity contribution >= 4 is 5.91 Å². The second-order valence-corrected chi connectivity index (χ2v) is 5.98. The molecule has 4 nitrogen and oxygen atoms in total. The molecule has 1 aromatic heterocycles. The fraction of sp³-hybridized carbons (Fsp3) is 0.444. The summed E-state index contributed by atoms with van der Waals surface area (Å²) in [6, 6.07) is 7.89. The topological polar surface area (TPSA) is 46.3 Å². The molecule has 4 heteroatoms. The number of hydrogen-bond donors (Lipinski definition) is 0. The van der Waals surface area contributed by atoms with Gasteiger partial charge in [-0.2, -0.15) is 0 Å². The summed E-state index contributed by atoms with van der Waals surface area (Å²) in [5.41, 5.74) is 3.94. The van der Waals surface area contributed by atoms with Crippen LogP contribution < -0.4 is 0 Å². The fourth-order valence-electron chi connectivity index (χ4n) is 3.28. The summed E-state index contributed by atoms with van der Waals surface area (Å²) in [6.07, 6.45) is 2.81. The minimum absolute atomic E-state index is 0.0926. The second kappa shape index (κ2) is 5.95. The largest absolute Gasteiger partial charge is 0.361 e. The Kier molecular flexibility index (Phi) is 4.01. The summed E-state index contributed by atoms with van der Waals surface area (Å²) in [5.74, 6) is 1.01. The SMILES string of the molecule is CCc1onc(C)c1[C@H]1CCCN1C(=O)c1ccc(C)cc1. The molecule has 0 N–H and O–H groups in total. The van der Waals surface area contributed by atoms with E-state index in [-0.39, 0.29) is 11.9 Å². The lowest BCUT2D eigenvalue weighted by Gasteiger charge is -2.25. The van der Waals surface area contributed by atoms with Crippen LogP contribution in [-0.2, 0) is 6.42 Å². The molecule has 2 heterocycles. The Bertz CT molecular complexity index is 673. The lowest BCUT2D eigenvalue weighted by molar-refractivity contribution is 0.0734. The van der Waals surface area contributed by atoms with Gasteiger partial charge in [-0.25, -0.2) is 0 Å². The van der Waals surface area contributed by atoms with E-state index in [1.54, 1.807) is 0 Å². The van der Waals surface area contributed by atoms with Gasteiger partial charge in [-0.15, -0.1) is 0 Å². The van der Waals surface area contributed by atoms with Crippen LogP contribution in [0.1, 0.15) is 58.7 Å². The maximum Gasteiger partial charge on any atom is 0.254 e. The van der Waals surface area contributed by atoms with Crippen LogP contribution in [0, 0.1) is 13.8 Å². The van der Waals surface area contributed by atoms with E-state index in [9.17, 15) is 4.79 Å². The van der Waals surface area contributed by atoms with E-state index < -0.39 is 0 Å². The quantitative estimate of drug-likeness (QED) is 0.865. The van der Waals surface area contributed by atoms with E-state index in [1.807, 2.05) is 43.0 Å². The molecule has 0 radical (unpaired) electrons. The van der Waals surface area contributed by atoms with Crippen molar-refractivity contribution in [2.45, 2.75) is 46.1 Å². The van der Waals surface area contributed by atoms with E-state index in [0.717, 1.165) is 54.0 Å². The molecule has 1 aromatic carbocycles. The number of benzene rings is 1. The van der Waals surface area contributed by atoms with Gasteiger partial charge in [0.15, 0.2) is 0 Å². The van der Waals surface area contributed by atoms with Gasteiger partial charge in [0.1, 0.15) is 5.76 Å². The van der Waals surface area contributed by atoms with Gasteiger partial charge in [0.25, 0.3) is 5.91 Å². The summed E-state index contributed by atoms with van der Waals surface area (Å²) in [4.78, 5) is 14.8. The van der Waals surface area contributed by atoms with Crippen LogP contribution >= 0.6 is 0 Å². The van der Waals surface area contributed by atoms with E-state index in [4.69, 9.17) is 4.52 Å². The first-order valence-corrected chi connectivity index (χ1v) is 7.94. The van der Waals surface area contributed by atoms with Crippen molar-refractivity contribution in [2.75, 3.05) is 6.54 Å². The molecule has 1 fully saturated rings. The van der Waals surface area contributed by atoms with Crippen molar-refractivity contribution in [1.82, 2.24) is 10.1 Å². The van der Waals surface area contributed by atoms with Crippen molar-refractivity contribution in [1.29, 1.82) is 0 Å². The first-order valence-electron chi connectivity index (χ1n) is 7.94. The predicted molar refractivity (Wildman–Crippen MR) is 84.8 cm³/mol. The zero-order valence-corrected chi connectivity index (χ0v) is 13.4. The van der Waals surface area contributed by atoms with Crippen molar-refractivity contribution in [3.05, 3.63) is 52.4 Å². The van der Waals surface area contributed by atoms with Gasteiger partial charge in [-0.05, 0) is 38.8 Å². The van der Waals surface area contributed by atoms with Gasteiger partial charge in [-0.1, -0.05) is 29.8 Å². The van der Waals surface area contributed by atoms with Crippen molar-refractivity contribution < 1.29 is 9.32 Å². The Morgan fingerprint density at radius 3 is 2.73 bits per heavy atom. The molecule has 0 spiro atoms. The average molecular weight is 298 g/mol. The third kappa shape index (κ3) is 2.54. The highest BCUT2D eigenvalue weighted by Gasteiger charge is 2.34. The first kappa shape index (κ1) is 14.8. The van der Waals surface area contributed by atoms with Crippen LogP contribution in [0.15, 0.2) is 28.8 Å². The number of aromatic nitrogens is 1. The molecule has 2 aromatic rings. The standard InChI is InChI=1S/C18H22N2O2/c1-4-16-17(13(3)19-22-16)15-6-5-11-20(15)18(21)14-9-7-12(2)8-10-14/h7-10,15H,4-6,11H2,1-3H3/t15-/m1/s1. The number of nitrogens with zero attached hydrogens (tertiary/aromatic N) is 2. The number of carbonyl (C=O) groups excluding carboxylic acids is 1. The summed E-state index contributed by atoms with van der Waals surface area (Å²) in [7, 11) is 0. The third-order valence-corrected chi connectivity index (χ3v) is 4.45. The Labute approximate surface area is 131 Å². The molecule has 1 amide bonds. The molecular formula is C18H22N2O2. The molecule has 3 rings (SSSR count). The monoisotopic (exact) mass is 298 g/mol. The van der Waals surface area contributed by atoms with Crippen LogP contribution in [-0.4, -0.2) is 22.5 Å². The molecule has 116 valence electrons. The van der Waals surface area contributed by atoms with Crippen molar-refractivity contribution in [3.63, 3.8) is 0 Å². The van der Waals surface area contributed by atoms with Gasteiger partial charge in [-0.3, -0.25) is 4.79 Å². The maximum absolute atomic E-state index is 12.8. The number of aryl methyl sites for hydroxylation is 3. The molecule has 1 saturated heterocycles. The van der Waals surface area contributed by atoms with Gasteiger partial charge in [0.05, 0.1) is 11.7 Å². The molecule has 1 atom stereocenters. The van der Waals surface area contributed by atoms with E-state index in [0.29, 0.717) is 0 Å². The summed E-state index contributed by atoms with van der Waals surface area (Å²) in [6.45, 7) is 6.85. The minimum Gasteiger partial charge on any atom is -0.361 e. The number of hydrogen-bond acceptors (Lipinski definition) is 3. The molecule has 0 saturated carbocycles. The summed E-state index contributed by atoms with van der Waals surface area (Å²) < 4.78 is 5.42. The predicted octanol–water partition coefficient (Wildman–Crippen LogP) is 3.83. The van der Waals surface area contributed by atoms with Crippen LogP contribution in [0.5, 0.6) is 0 Å². The minimum atomic E-state index is 0.0926. The Morgan fingerprint density at radius 2 is 2.05 bits per heavy atom. The number of likely N-dealkylation sites (tertiary alicyclic amines) is 1. The number of rotatable bonds is 3. The average Bonchev–Trinajstić information content (AvgIpc) is 3.13. The van der Waals surface area contributed by atoms with Crippen LogP contribution in [0.4, 0.5) is 0 Å². The number of carbonyl (C=O) groups is 1. The van der Waals surface area contributed by atoms with Gasteiger partial charge in [0, 0.05) is 24.1 Å². The summed E-state index contributed by atoms with van der Waals surface area (Å²) >= 11 is 0. The maximum atomic E-state index is 12.8. The molecular weight excluding hydrogens is 276 g/mol. The first-order chi connectivity index (χ1) is 10.6. The molecule has 0 unspecified atom stereocenters. The normalized spacial score (nSPS) is 18.0. The lowest BCUT2D eigenvalue weighted by Crippen LogP contribution is -2.31. The van der Waals surface area contributed by atoms with Gasteiger partial charge in [0.2, 0.25) is 0 Å².